The topological polar surface area (TPSA) is 84.3 Å². The first-order valence-corrected chi connectivity index (χ1v) is 8.84. The molecule has 1 fully saturated rings. The lowest BCUT2D eigenvalue weighted by Gasteiger charge is -2.23. The van der Waals surface area contributed by atoms with E-state index in [1.165, 1.54) is 36.7 Å². The Balaban J connectivity index is 1.72. The lowest BCUT2D eigenvalue weighted by Crippen LogP contribution is -2.35. The maximum absolute atomic E-state index is 12.1. The molecule has 126 valence electrons. The Hall–Kier alpha value is -1.60. The molecule has 1 aliphatic heterocycles. The van der Waals surface area contributed by atoms with E-state index in [0.29, 0.717) is 12.5 Å². The van der Waals surface area contributed by atoms with Gasteiger partial charge in [-0.05, 0) is 57.3 Å². The SMILES string of the molecule is CC(Sc1ccc([N+](=O)[O-])cc1)C(=O)NCCC1CCCNC1. The zero-order valence-electron chi connectivity index (χ0n) is 13.3. The molecule has 0 radical (unpaired) electrons. The first-order chi connectivity index (χ1) is 11.1. The highest BCUT2D eigenvalue weighted by atomic mass is 32.2. The predicted octanol–water partition coefficient (Wildman–Crippen LogP) is 2.58. The molecule has 6 nitrogen and oxygen atoms in total. The number of rotatable bonds is 7. The Bertz CT molecular complexity index is 530. The monoisotopic (exact) mass is 337 g/mol. The first-order valence-electron chi connectivity index (χ1n) is 7.96. The highest BCUT2D eigenvalue weighted by Gasteiger charge is 2.16. The molecule has 2 unspecified atom stereocenters. The summed E-state index contributed by atoms with van der Waals surface area (Å²) in [6.45, 7) is 4.70. The Morgan fingerprint density at radius 2 is 2.22 bits per heavy atom. The molecule has 0 spiro atoms. The maximum Gasteiger partial charge on any atom is 0.269 e. The van der Waals surface area contributed by atoms with Crippen molar-refractivity contribution in [3.63, 3.8) is 0 Å². The number of piperidine rings is 1. The molecular formula is C16H23N3O3S. The van der Waals surface area contributed by atoms with Crippen molar-refractivity contribution >= 4 is 23.4 Å². The van der Waals surface area contributed by atoms with Crippen molar-refractivity contribution in [3.05, 3.63) is 34.4 Å². The Morgan fingerprint density at radius 1 is 1.48 bits per heavy atom. The Morgan fingerprint density at radius 3 is 2.83 bits per heavy atom. The number of benzene rings is 1. The number of nitro benzene ring substituents is 1. The molecule has 1 saturated heterocycles. The summed E-state index contributed by atoms with van der Waals surface area (Å²) in [6, 6.07) is 6.28. The lowest BCUT2D eigenvalue weighted by atomic mass is 9.96. The summed E-state index contributed by atoms with van der Waals surface area (Å²) in [5, 5.41) is 16.8. The summed E-state index contributed by atoms with van der Waals surface area (Å²) in [5.74, 6) is 0.666. The standard InChI is InChI=1S/C16H23N3O3S/c1-12(23-15-6-4-14(5-7-15)19(21)22)16(20)18-10-8-13-3-2-9-17-11-13/h4-7,12-13,17H,2-3,8-11H2,1H3,(H,18,20). The third-order valence-electron chi connectivity index (χ3n) is 3.98. The molecule has 23 heavy (non-hydrogen) atoms. The van der Waals surface area contributed by atoms with Crippen LogP contribution in [-0.2, 0) is 4.79 Å². The minimum Gasteiger partial charge on any atom is -0.355 e. The van der Waals surface area contributed by atoms with Crippen LogP contribution in [0.4, 0.5) is 5.69 Å². The normalized spacial score (nSPS) is 19.1. The molecule has 1 amide bonds. The average molecular weight is 337 g/mol. The molecule has 0 aliphatic carbocycles. The van der Waals surface area contributed by atoms with Gasteiger partial charge in [0.15, 0.2) is 0 Å². The van der Waals surface area contributed by atoms with E-state index in [-0.39, 0.29) is 16.8 Å². The van der Waals surface area contributed by atoms with Crippen LogP contribution in [0.5, 0.6) is 0 Å². The molecule has 1 aliphatic rings. The number of carbonyl (C=O) groups excluding carboxylic acids is 1. The molecular weight excluding hydrogens is 314 g/mol. The van der Waals surface area contributed by atoms with Gasteiger partial charge in [-0.15, -0.1) is 11.8 Å². The van der Waals surface area contributed by atoms with Crippen LogP contribution in [0.2, 0.25) is 0 Å². The summed E-state index contributed by atoms with van der Waals surface area (Å²) in [5.41, 5.74) is 0.0625. The largest absolute Gasteiger partial charge is 0.355 e. The smallest absolute Gasteiger partial charge is 0.269 e. The van der Waals surface area contributed by atoms with Gasteiger partial charge in [0.2, 0.25) is 5.91 Å². The zero-order chi connectivity index (χ0) is 16.7. The van der Waals surface area contributed by atoms with Gasteiger partial charge in [-0.25, -0.2) is 0 Å². The van der Waals surface area contributed by atoms with Gasteiger partial charge < -0.3 is 10.6 Å². The van der Waals surface area contributed by atoms with Crippen LogP contribution in [0.25, 0.3) is 0 Å². The van der Waals surface area contributed by atoms with Crippen molar-refractivity contribution < 1.29 is 9.72 Å². The van der Waals surface area contributed by atoms with Crippen LogP contribution in [0.3, 0.4) is 0 Å². The molecule has 0 bridgehead atoms. The van der Waals surface area contributed by atoms with Crippen molar-refractivity contribution in [1.29, 1.82) is 0 Å². The quantitative estimate of drug-likeness (QED) is 0.454. The molecule has 2 N–H and O–H groups in total. The first kappa shape index (κ1) is 17.7. The second kappa shape index (κ2) is 8.88. The molecule has 1 aromatic rings. The van der Waals surface area contributed by atoms with Gasteiger partial charge in [0.1, 0.15) is 0 Å². The lowest BCUT2D eigenvalue weighted by molar-refractivity contribution is -0.384. The average Bonchev–Trinajstić information content (AvgIpc) is 2.56. The van der Waals surface area contributed by atoms with Crippen LogP contribution < -0.4 is 10.6 Å². The highest BCUT2D eigenvalue weighted by molar-refractivity contribution is 8.00. The number of thioether (sulfide) groups is 1. The fraction of sp³-hybridized carbons (Fsp3) is 0.562. The minimum absolute atomic E-state index is 0.0112. The molecule has 7 heteroatoms. The number of amides is 1. The van der Waals surface area contributed by atoms with E-state index < -0.39 is 4.92 Å². The van der Waals surface area contributed by atoms with Crippen LogP contribution in [0.15, 0.2) is 29.2 Å². The summed E-state index contributed by atoms with van der Waals surface area (Å²) in [7, 11) is 0. The molecule has 0 saturated carbocycles. The van der Waals surface area contributed by atoms with E-state index in [1.54, 1.807) is 12.1 Å². The van der Waals surface area contributed by atoms with Gasteiger partial charge >= 0.3 is 0 Å². The summed E-state index contributed by atoms with van der Waals surface area (Å²) < 4.78 is 0. The van der Waals surface area contributed by atoms with Crippen LogP contribution in [0.1, 0.15) is 26.2 Å². The van der Waals surface area contributed by atoms with Gasteiger partial charge in [-0.3, -0.25) is 14.9 Å². The van der Waals surface area contributed by atoms with E-state index >= 15 is 0 Å². The summed E-state index contributed by atoms with van der Waals surface area (Å²) >= 11 is 1.41. The van der Waals surface area contributed by atoms with Crippen LogP contribution >= 0.6 is 11.8 Å². The van der Waals surface area contributed by atoms with E-state index in [4.69, 9.17) is 0 Å². The van der Waals surface area contributed by atoms with E-state index in [1.807, 2.05) is 6.92 Å². The number of hydrogen-bond acceptors (Lipinski definition) is 5. The number of hydrogen-bond donors (Lipinski definition) is 2. The molecule has 1 heterocycles. The van der Waals surface area contributed by atoms with Gasteiger partial charge in [-0.1, -0.05) is 0 Å². The van der Waals surface area contributed by atoms with E-state index in [2.05, 4.69) is 10.6 Å². The Kier molecular flexibility index (Phi) is 6.85. The van der Waals surface area contributed by atoms with Gasteiger partial charge in [0.25, 0.3) is 5.69 Å². The highest BCUT2D eigenvalue weighted by Crippen LogP contribution is 2.25. The van der Waals surface area contributed by atoms with Crippen molar-refractivity contribution in [2.75, 3.05) is 19.6 Å². The third kappa shape index (κ3) is 5.84. The van der Waals surface area contributed by atoms with Crippen molar-refractivity contribution in [3.8, 4) is 0 Å². The minimum atomic E-state index is -0.426. The summed E-state index contributed by atoms with van der Waals surface area (Å²) in [6.07, 6.45) is 3.45. The second-order valence-electron chi connectivity index (χ2n) is 5.80. The van der Waals surface area contributed by atoms with Gasteiger partial charge in [0.05, 0.1) is 10.2 Å². The maximum atomic E-state index is 12.1. The third-order valence-corrected chi connectivity index (χ3v) is 5.09. The van der Waals surface area contributed by atoms with Crippen LogP contribution in [-0.4, -0.2) is 35.7 Å². The van der Waals surface area contributed by atoms with Crippen molar-refractivity contribution in [2.45, 2.75) is 36.3 Å². The molecule has 1 aromatic carbocycles. The number of nitrogens with zero attached hydrogens (tertiary/aromatic N) is 1. The fourth-order valence-electron chi connectivity index (χ4n) is 2.62. The Labute approximate surface area is 140 Å². The van der Waals surface area contributed by atoms with E-state index in [0.717, 1.165) is 24.4 Å². The molecule has 0 aromatic heterocycles. The van der Waals surface area contributed by atoms with E-state index in [9.17, 15) is 14.9 Å². The molecule has 2 atom stereocenters. The number of carbonyl (C=O) groups is 1. The zero-order valence-corrected chi connectivity index (χ0v) is 14.1. The van der Waals surface area contributed by atoms with Gasteiger partial charge in [-0.2, -0.15) is 0 Å². The number of nitrogens with one attached hydrogen (secondary N) is 2. The van der Waals surface area contributed by atoms with Crippen molar-refractivity contribution in [2.24, 2.45) is 5.92 Å². The number of nitro groups is 1. The number of non-ortho nitro benzene ring substituents is 1. The van der Waals surface area contributed by atoms with Crippen LogP contribution in [0, 0.1) is 16.0 Å². The second-order valence-corrected chi connectivity index (χ2v) is 7.22. The predicted molar refractivity (Wildman–Crippen MR) is 91.6 cm³/mol. The van der Waals surface area contributed by atoms with Gasteiger partial charge in [0, 0.05) is 23.6 Å². The summed E-state index contributed by atoms with van der Waals surface area (Å²) in [4.78, 5) is 23.2. The van der Waals surface area contributed by atoms with Crippen molar-refractivity contribution in [1.82, 2.24) is 10.6 Å². The molecule has 2 rings (SSSR count). The fourth-order valence-corrected chi connectivity index (χ4v) is 3.51.